The molecule has 2 aromatic rings. The number of aliphatic imine (C=N–C) groups is 1. The van der Waals surface area contributed by atoms with Crippen molar-refractivity contribution in [3.05, 3.63) is 35.5 Å². The van der Waals surface area contributed by atoms with E-state index < -0.39 is 0 Å². The fourth-order valence-electron chi connectivity index (χ4n) is 3.29. The van der Waals surface area contributed by atoms with Crippen LogP contribution in [0.2, 0.25) is 0 Å². The number of nitrogens with zero attached hydrogens (tertiary/aromatic N) is 1. The number of para-hydroxylation sites is 1. The number of aromatic amines is 1. The predicted octanol–water partition coefficient (Wildman–Crippen LogP) is 3.47. The molecule has 1 aliphatic heterocycles. The molecule has 2 heterocycles. The summed E-state index contributed by atoms with van der Waals surface area (Å²) in [5, 5.41) is 8.89. The number of nitrogens with one attached hydrogen (secondary N) is 3. The molecule has 0 saturated carbocycles. The first-order chi connectivity index (χ1) is 11.8. The summed E-state index contributed by atoms with van der Waals surface area (Å²) in [6.07, 6.45) is 3.65. The van der Waals surface area contributed by atoms with E-state index in [0.29, 0.717) is 5.25 Å². The van der Waals surface area contributed by atoms with E-state index in [0.717, 1.165) is 32.0 Å². The maximum Gasteiger partial charge on any atom is 0.191 e. The Labute approximate surface area is 148 Å². The Balaban J connectivity index is 1.57. The lowest BCUT2D eigenvalue weighted by molar-refractivity contribution is 0.760. The van der Waals surface area contributed by atoms with Gasteiger partial charge in [0.05, 0.1) is 6.54 Å². The van der Waals surface area contributed by atoms with Crippen LogP contribution in [0.15, 0.2) is 29.3 Å². The Morgan fingerprint density at radius 2 is 2.21 bits per heavy atom. The first-order valence-electron chi connectivity index (χ1n) is 8.98. The number of aromatic nitrogens is 1. The van der Waals surface area contributed by atoms with Crippen LogP contribution in [0.5, 0.6) is 0 Å². The molecule has 1 unspecified atom stereocenters. The molecule has 3 rings (SSSR count). The molecule has 24 heavy (non-hydrogen) atoms. The molecule has 1 fully saturated rings. The molecule has 4 nitrogen and oxygen atoms in total. The van der Waals surface area contributed by atoms with E-state index in [9.17, 15) is 0 Å². The maximum atomic E-state index is 4.76. The van der Waals surface area contributed by atoms with Crippen molar-refractivity contribution in [2.45, 2.75) is 38.4 Å². The minimum atomic E-state index is 0.705. The lowest BCUT2D eigenvalue weighted by Crippen LogP contribution is -2.38. The number of aryl methyl sites for hydroxylation is 1. The van der Waals surface area contributed by atoms with Crippen molar-refractivity contribution in [2.24, 2.45) is 4.99 Å². The van der Waals surface area contributed by atoms with E-state index in [1.165, 1.54) is 40.8 Å². The zero-order valence-electron chi connectivity index (χ0n) is 14.7. The van der Waals surface area contributed by atoms with Crippen LogP contribution in [0.4, 0.5) is 0 Å². The van der Waals surface area contributed by atoms with E-state index in [-0.39, 0.29) is 0 Å². The van der Waals surface area contributed by atoms with Gasteiger partial charge in [0, 0.05) is 34.9 Å². The fourth-order valence-corrected chi connectivity index (χ4v) is 4.47. The van der Waals surface area contributed by atoms with Gasteiger partial charge in [-0.15, -0.1) is 0 Å². The number of benzene rings is 1. The largest absolute Gasteiger partial charge is 0.358 e. The highest BCUT2D eigenvalue weighted by atomic mass is 32.2. The first kappa shape index (κ1) is 17.2. The van der Waals surface area contributed by atoms with E-state index in [2.05, 4.69) is 65.5 Å². The third-order valence-electron chi connectivity index (χ3n) is 4.52. The fraction of sp³-hybridized carbons (Fsp3) is 0.526. The molecule has 1 aliphatic rings. The summed E-state index contributed by atoms with van der Waals surface area (Å²) in [5.74, 6) is 2.24. The van der Waals surface area contributed by atoms with Gasteiger partial charge in [-0.2, -0.15) is 11.8 Å². The molecular formula is C19H28N4S. The highest BCUT2D eigenvalue weighted by Crippen LogP contribution is 2.26. The normalized spacial score (nSPS) is 18.2. The van der Waals surface area contributed by atoms with Crippen molar-refractivity contribution in [3.8, 4) is 0 Å². The molecule has 0 aliphatic carbocycles. The van der Waals surface area contributed by atoms with Crippen molar-refractivity contribution in [1.29, 1.82) is 0 Å². The Kier molecular flexibility index (Phi) is 6.07. The smallest absolute Gasteiger partial charge is 0.191 e. The van der Waals surface area contributed by atoms with E-state index in [1.54, 1.807) is 0 Å². The summed E-state index contributed by atoms with van der Waals surface area (Å²) in [6, 6.07) is 8.53. The number of hydrogen-bond donors (Lipinski definition) is 3. The van der Waals surface area contributed by atoms with Crippen LogP contribution in [0.1, 0.15) is 31.0 Å². The van der Waals surface area contributed by atoms with Gasteiger partial charge in [0.25, 0.3) is 0 Å². The molecule has 0 bridgehead atoms. The van der Waals surface area contributed by atoms with E-state index >= 15 is 0 Å². The lowest BCUT2D eigenvalue weighted by Gasteiger charge is -2.13. The summed E-state index contributed by atoms with van der Waals surface area (Å²) in [5.41, 5.74) is 3.89. The summed E-state index contributed by atoms with van der Waals surface area (Å²) >= 11 is 2.06. The Morgan fingerprint density at radius 3 is 3.00 bits per heavy atom. The summed E-state index contributed by atoms with van der Waals surface area (Å²) in [4.78, 5) is 8.24. The topological polar surface area (TPSA) is 52.2 Å². The molecule has 1 atom stereocenters. The zero-order valence-corrected chi connectivity index (χ0v) is 15.5. The second-order valence-corrected chi connectivity index (χ2v) is 7.71. The minimum Gasteiger partial charge on any atom is -0.358 e. The Morgan fingerprint density at radius 1 is 1.33 bits per heavy atom. The second kappa shape index (κ2) is 8.47. The standard InChI is InChI=1S/C19H28N4S/c1-3-20-19(22-13-15-7-6-12-24-15)21-11-10-16-14(2)23-18-9-5-4-8-17(16)18/h4-5,8-9,15,23H,3,6-7,10-13H2,1-2H3,(H2,20,21,22). The van der Waals surface area contributed by atoms with Gasteiger partial charge in [0.2, 0.25) is 0 Å². The maximum absolute atomic E-state index is 4.76. The minimum absolute atomic E-state index is 0.705. The highest BCUT2D eigenvalue weighted by molar-refractivity contribution is 8.00. The highest BCUT2D eigenvalue weighted by Gasteiger charge is 2.15. The zero-order chi connectivity index (χ0) is 16.8. The number of hydrogen-bond acceptors (Lipinski definition) is 2. The summed E-state index contributed by atoms with van der Waals surface area (Å²) in [7, 11) is 0. The third-order valence-corrected chi connectivity index (χ3v) is 5.90. The summed E-state index contributed by atoms with van der Waals surface area (Å²) < 4.78 is 0. The number of thioether (sulfide) groups is 1. The van der Waals surface area contributed by atoms with Gasteiger partial charge in [-0.25, -0.2) is 0 Å². The number of rotatable bonds is 6. The average Bonchev–Trinajstić information content (AvgIpc) is 3.20. The molecule has 0 amide bonds. The molecule has 1 aromatic carbocycles. The van der Waals surface area contributed by atoms with Gasteiger partial charge in [0.1, 0.15) is 0 Å². The van der Waals surface area contributed by atoms with Crippen molar-refractivity contribution < 1.29 is 0 Å². The van der Waals surface area contributed by atoms with Gasteiger partial charge >= 0.3 is 0 Å². The van der Waals surface area contributed by atoms with Crippen LogP contribution in [0, 0.1) is 6.92 Å². The van der Waals surface area contributed by atoms with Crippen molar-refractivity contribution in [2.75, 3.05) is 25.4 Å². The molecule has 5 heteroatoms. The van der Waals surface area contributed by atoms with Crippen LogP contribution in [0.25, 0.3) is 10.9 Å². The molecule has 130 valence electrons. The molecule has 1 saturated heterocycles. The number of H-pyrrole nitrogens is 1. The van der Waals surface area contributed by atoms with E-state index in [4.69, 9.17) is 4.99 Å². The third kappa shape index (κ3) is 4.26. The van der Waals surface area contributed by atoms with Crippen LogP contribution in [-0.2, 0) is 6.42 Å². The van der Waals surface area contributed by atoms with E-state index in [1.807, 2.05) is 0 Å². The number of guanidine groups is 1. The van der Waals surface area contributed by atoms with Gasteiger partial charge in [-0.1, -0.05) is 18.2 Å². The van der Waals surface area contributed by atoms with Crippen LogP contribution in [-0.4, -0.2) is 41.6 Å². The van der Waals surface area contributed by atoms with Crippen molar-refractivity contribution >= 4 is 28.6 Å². The second-order valence-electron chi connectivity index (χ2n) is 6.31. The van der Waals surface area contributed by atoms with Crippen LogP contribution in [0.3, 0.4) is 0 Å². The average molecular weight is 345 g/mol. The molecule has 1 aromatic heterocycles. The molecular weight excluding hydrogens is 316 g/mol. The lowest BCUT2D eigenvalue weighted by atomic mass is 10.1. The molecule has 0 radical (unpaired) electrons. The summed E-state index contributed by atoms with van der Waals surface area (Å²) in [6.45, 7) is 6.99. The van der Waals surface area contributed by atoms with Gasteiger partial charge in [-0.05, 0) is 50.5 Å². The van der Waals surface area contributed by atoms with Crippen LogP contribution >= 0.6 is 11.8 Å². The van der Waals surface area contributed by atoms with Crippen molar-refractivity contribution in [1.82, 2.24) is 15.6 Å². The quantitative estimate of drug-likeness (QED) is 0.555. The SMILES string of the molecule is CCNC(=NCC1CCCS1)NCCc1c(C)[nH]c2ccccc12. The van der Waals surface area contributed by atoms with Crippen molar-refractivity contribution in [3.63, 3.8) is 0 Å². The first-order valence-corrected chi connectivity index (χ1v) is 10.0. The van der Waals surface area contributed by atoms with Gasteiger partial charge < -0.3 is 15.6 Å². The Hall–Kier alpha value is -1.62. The molecule has 0 spiro atoms. The van der Waals surface area contributed by atoms with Gasteiger partial charge in [0.15, 0.2) is 5.96 Å². The predicted molar refractivity (Wildman–Crippen MR) is 106 cm³/mol. The number of fused-ring (bicyclic) bond motifs is 1. The van der Waals surface area contributed by atoms with Gasteiger partial charge in [-0.3, -0.25) is 4.99 Å². The Bertz CT molecular complexity index is 686. The molecule has 3 N–H and O–H groups in total. The van der Waals surface area contributed by atoms with Crippen LogP contribution < -0.4 is 10.6 Å². The monoisotopic (exact) mass is 344 g/mol.